The Morgan fingerprint density at radius 3 is 2.14 bits per heavy atom. The van der Waals surface area contributed by atoms with E-state index in [1.54, 1.807) is 12.1 Å². The molecule has 2 amide bonds. The number of carbonyl (C=O) groups is 2. The van der Waals surface area contributed by atoms with E-state index in [1.165, 1.54) is 24.3 Å². The number of nitrogens with zero attached hydrogens (tertiary/aromatic N) is 1. The summed E-state index contributed by atoms with van der Waals surface area (Å²) in [6.07, 6.45) is 0. The highest BCUT2D eigenvalue weighted by atomic mass is 32.2. The number of hydroxylamine groups is 1. The van der Waals surface area contributed by atoms with Crippen molar-refractivity contribution in [3.8, 4) is 11.3 Å². The van der Waals surface area contributed by atoms with Crippen LogP contribution in [0.25, 0.3) is 11.3 Å². The van der Waals surface area contributed by atoms with Crippen molar-refractivity contribution in [2.75, 3.05) is 5.32 Å². The molecule has 0 saturated heterocycles. The lowest BCUT2D eigenvalue weighted by molar-refractivity contribution is 0.0237. The highest BCUT2D eigenvalue weighted by Gasteiger charge is 2.21. The Kier molecular flexibility index (Phi) is 7.32. The van der Waals surface area contributed by atoms with Gasteiger partial charge in [-0.1, -0.05) is 72.0 Å². The van der Waals surface area contributed by atoms with Crippen molar-refractivity contribution < 1.29 is 22.8 Å². The zero-order valence-corrected chi connectivity index (χ0v) is 19.8. The van der Waals surface area contributed by atoms with Crippen LogP contribution in [-0.4, -0.2) is 25.2 Å². The molecule has 3 aromatic carbocycles. The first-order valence-electron chi connectivity index (χ1n) is 10.3. The molecule has 1 heterocycles. The molecule has 0 atom stereocenters. The number of anilines is 1. The molecular formula is C24H20N4O5S2. The predicted octanol–water partition coefficient (Wildman–Crippen LogP) is 3.57. The maximum Gasteiger partial charge on any atom is 0.287 e. The molecule has 0 radical (unpaired) electrons. The number of benzene rings is 3. The molecule has 0 aliphatic carbocycles. The summed E-state index contributed by atoms with van der Waals surface area (Å²) in [5, 5.41) is 7.94. The molecule has 0 bridgehead atoms. The second-order valence-electron chi connectivity index (χ2n) is 7.29. The minimum Gasteiger partial charge on any atom is -0.298 e. The van der Waals surface area contributed by atoms with E-state index in [1.807, 2.05) is 48.5 Å². The fourth-order valence-electron chi connectivity index (χ4n) is 3.09. The van der Waals surface area contributed by atoms with E-state index in [-0.39, 0.29) is 27.1 Å². The lowest BCUT2D eigenvalue weighted by atomic mass is 10.1. The van der Waals surface area contributed by atoms with Crippen molar-refractivity contribution in [1.82, 2.24) is 10.5 Å². The number of sulfonamides is 1. The van der Waals surface area contributed by atoms with Crippen LogP contribution in [0.3, 0.4) is 0 Å². The fourth-order valence-corrected chi connectivity index (χ4v) is 4.47. The Morgan fingerprint density at radius 1 is 0.886 bits per heavy atom. The monoisotopic (exact) mass is 508 g/mol. The third kappa shape index (κ3) is 6.16. The summed E-state index contributed by atoms with van der Waals surface area (Å²) in [5.41, 5.74) is 4.59. The van der Waals surface area contributed by atoms with Crippen LogP contribution in [0.2, 0.25) is 0 Å². The number of aromatic nitrogens is 1. The van der Waals surface area contributed by atoms with Gasteiger partial charge in [-0.05, 0) is 29.8 Å². The third-order valence-corrected chi connectivity index (χ3v) is 6.69. The van der Waals surface area contributed by atoms with Crippen LogP contribution in [0.4, 0.5) is 5.13 Å². The lowest BCUT2D eigenvalue weighted by Gasteiger charge is -2.06. The molecule has 35 heavy (non-hydrogen) atoms. The van der Waals surface area contributed by atoms with Crippen molar-refractivity contribution in [3.63, 3.8) is 0 Å². The van der Waals surface area contributed by atoms with Gasteiger partial charge in [-0.2, -0.15) is 0 Å². The van der Waals surface area contributed by atoms with Crippen molar-refractivity contribution in [2.24, 2.45) is 5.14 Å². The summed E-state index contributed by atoms with van der Waals surface area (Å²) in [5.74, 6) is -1.03. The van der Waals surface area contributed by atoms with Crippen molar-refractivity contribution >= 4 is 38.3 Å². The predicted molar refractivity (Wildman–Crippen MR) is 132 cm³/mol. The van der Waals surface area contributed by atoms with Crippen LogP contribution in [0.15, 0.2) is 89.8 Å². The van der Waals surface area contributed by atoms with E-state index in [0.29, 0.717) is 11.3 Å². The van der Waals surface area contributed by atoms with Gasteiger partial charge in [-0.25, -0.2) is 24.0 Å². The molecule has 4 N–H and O–H groups in total. The topological polar surface area (TPSA) is 140 Å². The van der Waals surface area contributed by atoms with Gasteiger partial charge in [-0.3, -0.25) is 19.7 Å². The molecule has 4 rings (SSSR count). The third-order valence-electron chi connectivity index (χ3n) is 4.79. The molecule has 9 nitrogen and oxygen atoms in total. The molecule has 0 unspecified atom stereocenters. The molecule has 0 spiro atoms. The molecule has 0 aliphatic rings. The maximum atomic E-state index is 12.9. The van der Waals surface area contributed by atoms with Gasteiger partial charge >= 0.3 is 0 Å². The average Bonchev–Trinajstić information content (AvgIpc) is 3.28. The molecule has 11 heteroatoms. The first-order chi connectivity index (χ1) is 16.8. The van der Waals surface area contributed by atoms with Crippen LogP contribution >= 0.6 is 11.3 Å². The average molecular weight is 509 g/mol. The highest BCUT2D eigenvalue weighted by molar-refractivity contribution is 7.89. The van der Waals surface area contributed by atoms with E-state index in [9.17, 15) is 18.0 Å². The van der Waals surface area contributed by atoms with E-state index in [4.69, 9.17) is 9.98 Å². The summed E-state index contributed by atoms with van der Waals surface area (Å²) in [7, 11) is -3.87. The second kappa shape index (κ2) is 10.6. The highest BCUT2D eigenvalue weighted by Crippen LogP contribution is 2.31. The van der Waals surface area contributed by atoms with Crippen LogP contribution in [0, 0.1) is 0 Å². The minimum atomic E-state index is -3.87. The smallest absolute Gasteiger partial charge is 0.287 e. The number of nitrogens with two attached hydrogens (primary N) is 1. The number of hydrogen-bond acceptors (Lipinski definition) is 7. The normalized spacial score (nSPS) is 11.1. The van der Waals surface area contributed by atoms with E-state index < -0.39 is 21.8 Å². The summed E-state index contributed by atoms with van der Waals surface area (Å²) in [4.78, 5) is 35.5. The van der Waals surface area contributed by atoms with Gasteiger partial charge in [0.1, 0.15) is 4.88 Å². The van der Waals surface area contributed by atoms with Gasteiger partial charge in [0.15, 0.2) is 5.13 Å². The SMILES string of the molecule is NS(=O)(=O)c1ccc(C(=O)Nc2nc(-c3ccccc3)c(C(=O)NOCc3ccccc3)s2)cc1. The summed E-state index contributed by atoms with van der Waals surface area (Å²) in [6.45, 7) is 0.185. The van der Waals surface area contributed by atoms with Gasteiger partial charge in [-0.15, -0.1) is 0 Å². The van der Waals surface area contributed by atoms with Crippen molar-refractivity contribution in [3.05, 3.63) is 101 Å². The number of thiazole rings is 1. The number of hydrogen-bond donors (Lipinski definition) is 3. The van der Waals surface area contributed by atoms with Crippen LogP contribution < -0.4 is 15.9 Å². The van der Waals surface area contributed by atoms with Crippen molar-refractivity contribution in [1.29, 1.82) is 0 Å². The first kappa shape index (κ1) is 24.2. The largest absolute Gasteiger partial charge is 0.298 e. The van der Waals surface area contributed by atoms with E-state index in [0.717, 1.165) is 16.9 Å². The molecule has 0 aliphatic heterocycles. The second-order valence-corrected chi connectivity index (χ2v) is 9.85. The van der Waals surface area contributed by atoms with Gasteiger partial charge in [0.05, 0.1) is 17.2 Å². The molecular weight excluding hydrogens is 488 g/mol. The number of carbonyl (C=O) groups excluding carboxylic acids is 2. The first-order valence-corrected chi connectivity index (χ1v) is 12.6. The van der Waals surface area contributed by atoms with Gasteiger partial charge < -0.3 is 0 Å². The zero-order valence-electron chi connectivity index (χ0n) is 18.2. The molecule has 4 aromatic rings. The Hall–Kier alpha value is -3.90. The Morgan fingerprint density at radius 2 is 1.51 bits per heavy atom. The van der Waals surface area contributed by atoms with Crippen molar-refractivity contribution in [2.45, 2.75) is 11.5 Å². The maximum absolute atomic E-state index is 12.9. The molecule has 0 fully saturated rings. The molecule has 1 aromatic heterocycles. The zero-order chi connectivity index (χ0) is 24.8. The van der Waals surface area contributed by atoms with Crippen LogP contribution in [0.5, 0.6) is 0 Å². The van der Waals surface area contributed by atoms with Gasteiger partial charge in [0.25, 0.3) is 11.8 Å². The van der Waals surface area contributed by atoms with E-state index in [2.05, 4.69) is 15.8 Å². The lowest BCUT2D eigenvalue weighted by Crippen LogP contribution is -2.23. The van der Waals surface area contributed by atoms with Gasteiger partial charge in [0, 0.05) is 11.1 Å². The Bertz CT molecular complexity index is 1440. The number of primary sulfonamides is 1. The number of nitrogens with one attached hydrogen (secondary N) is 2. The van der Waals surface area contributed by atoms with Crippen LogP contribution in [0.1, 0.15) is 25.6 Å². The Labute approximate surface area is 205 Å². The summed E-state index contributed by atoms with van der Waals surface area (Å²) in [6, 6.07) is 23.6. The molecule has 178 valence electrons. The summed E-state index contributed by atoms with van der Waals surface area (Å²) >= 11 is 0.988. The van der Waals surface area contributed by atoms with Gasteiger partial charge in [0.2, 0.25) is 10.0 Å². The van der Waals surface area contributed by atoms with Crippen LogP contribution in [-0.2, 0) is 21.5 Å². The van der Waals surface area contributed by atoms with E-state index >= 15 is 0 Å². The fraction of sp³-hybridized carbons (Fsp3) is 0.0417. The quantitative estimate of drug-likeness (QED) is 0.311. The minimum absolute atomic E-state index is 0.107. The summed E-state index contributed by atoms with van der Waals surface area (Å²) < 4.78 is 22.8. The molecule has 0 saturated carbocycles. The number of amides is 2. The standard InChI is InChI=1S/C24H20N4O5S2/c25-35(31,32)19-13-11-18(12-14-19)22(29)27-24-26-20(17-9-5-2-6-10-17)21(34-24)23(30)28-33-15-16-7-3-1-4-8-16/h1-14H,15H2,(H,28,30)(H2,25,31,32)(H,26,27,29). The number of rotatable bonds is 8. The Balaban J connectivity index is 1.53.